The van der Waals surface area contributed by atoms with Crippen LogP contribution in [-0.2, 0) is 5.41 Å². The molecule has 0 aliphatic rings. The lowest BCUT2D eigenvalue weighted by atomic mass is 9.72. The highest BCUT2D eigenvalue weighted by molar-refractivity contribution is 6.32. The van der Waals surface area contributed by atoms with Crippen LogP contribution in [0.15, 0.2) is 12.1 Å². The van der Waals surface area contributed by atoms with Gasteiger partial charge in [-0.2, -0.15) is 0 Å². The Kier molecular flexibility index (Phi) is 3.83. The predicted molar refractivity (Wildman–Crippen MR) is 75.0 cm³/mol. The van der Waals surface area contributed by atoms with Crippen molar-refractivity contribution in [3.05, 3.63) is 28.3 Å². The SMILES string of the molecule is Cc1cc(C(C)(C)CC(C)(C)C)cc(Cl)c1O. The summed E-state index contributed by atoms with van der Waals surface area (Å²) >= 11 is 6.05. The second kappa shape index (κ2) is 4.53. The van der Waals surface area contributed by atoms with Crippen molar-refractivity contribution < 1.29 is 5.11 Å². The van der Waals surface area contributed by atoms with Crippen LogP contribution in [0.2, 0.25) is 5.02 Å². The summed E-state index contributed by atoms with van der Waals surface area (Å²) in [6.07, 6.45) is 1.07. The minimum atomic E-state index is 0.0559. The maximum atomic E-state index is 9.70. The molecule has 1 aromatic rings. The largest absolute Gasteiger partial charge is 0.506 e. The highest BCUT2D eigenvalue weighted by Crippen LogP contribution is 2.39. The van der Waals surface area contributed by atoms with Gasteiger partial charge in [0.2, 0.25) is 0 Å². The van der Waals surface area contributed by atoms with Crippen molar-refractivity contribution in [1.82, 2.24) is 0 Å². The molecule has 0 aliphatic heterocycles. The second-order valence-electron chi connectivity index (χ2n) is 6.74. The third-order valence-electron chi connectivity index (χ3n) is 3.01. The number of phenolic OH excluding ortho intramolecular Hbond substituents is 1. The van der Waals surface area contributed by atoms with E-state index in [-0.39, 0.29) is 16.6 Å². The average molecular weight is 255 g/mol. The average Bonchev–Trinajstić information content (AvgIpc) is 2.09. The number of hydrogen-bond donors (Lipinski definition) is 1. The van der Waals surface area contributed by atoms with Gasteiger partial charge >= 0.3 is 0 Å². The quantitative estimate of drug-likeness (QED) is 0.781. The molecule has 2 heteroatoms. The van der Waals surface area contributed by atoms with E-state index in [0.717, 1.165) is 12.0 Å². The normalized spacial score (nSPS) is 12.9. The maximum absolute atomic E-state index is 9.70. The molecule has 0 bridgehead atoms. The lowest BCUT2D eigenvalue weighted by molar-refractivity contribution is 0.284. The summed E-state index contributed by atoms with van der Waals surface area (Å²) < 4.78 is 0. The van der Waals surface area contributed by atoms with E-state index in [0.29, 0.717) is 5.02 Å². The van der Waals surface area contributed by atoms with Gasteiger partial charge in [0, 0.05) is 0 Å². The Morgan fingerprint density at radius 2 is 1.65 bits per heavy atom. The zero-order valence-corrected chi connectivity index (χ0v) is 12.4. The molecule has 1 rings (SSSR count). The fourth-order valence-corrected chi connectivity index (χ4v) is 2.82. The molecule has 0 saturated heterocycles. The van der Waals surface area contributed by atoms with E-state index in [1.165, 1.54) is 5.56 Å². The molecular formula is C15H23ClO. The van der Waals surface area contributed by atoms with Crippen molar-refractivity contribution in [2.24, 2.45) is 5.41 Å². The molecule has 0 aliphatic carbocycles. The number of phenols is 1. The van der Waals surface area contributed by atoms with Crippen LogP contribution in [0, 0.1) is 12.3 Å². The highest BCUT2D eigenvalue weighted by atomic mass is 35.5. The first-order chi connectivity index (χ1) is 7.53. The van der Waals surface area contributed by atoms with Gasteiger partial charge in [-0.15, -0.1) is 0 Å². The summed E-state index contributed by atoms with van der Waals surface area (Å²) in [7, 11) is 0. The molecule has 0 radical (unpaired) electrons. The predicted octanol–water partition coefficient (Wildman–Crippen LogP) is 5.07. The van der Waals surface area contributed by atoms with E-state index >= 15 is 0 Å². The van der Waals surface area contributed by atoms with Crippen LogP contribution in [0.3, 0.4) is 0 Å². The first kappa shape index (κ1) is 14.4. The van der Waals surface area contributed by atoms with E-state index in [9.17, 15) is 5.11 Å². The maximum Gasteiger partial charge on any atom is 0.137 e. The summed E-state index contributed by atoms with van der Waals surface area (Å²) in [6, 6.07) is 3.92. The van der Waals surface area contributed by atoms with Gasteiger partial charge < -0.3 is 5.11 Å². The molecule has 1 N–H and O–H groups in total. The summed E-state index contributed by atoms with van der Waals surface area (Å²) in [4.78, 5) is 0. The van der Waals surface area contributed by atoms with Crippen molar-refractivity contribution in [3.8, 4) is 5.75 Å². The van der Waals surface area contributed by atoms with Crippen LogP contribution in [0.1, 0.15) is 52.2 Å². The second-order valence-corrected chi connectivity index (χ2v) is 7.15. The van der Waals surface area contributed by atoms with Gasteiger partial charge in [-0.1, -0.05) is 52.3 Å². The minimum Gasteiger partial charge on any atom is -0.506 e. The van der Waals surface area contributed by atoms with Crippen molar-refractivity contribution in [2.75, 3.05) is 0 Å². The fraction of sp³-hybridized carbons (Fsp3) is 0.600. The zero-order valence-electron chi connectivity index (χ0n) is 11.7. The molecule has 0 saturated carbocycles. The van der Waals surface area contributed by atoms with Crippen LogP contribution >= 0.6 is 11.6 Å². The van der Waals surface area contributed by atoms with E-state index < -0.39 is 0 Å². The van der Waals surface area contributed by atoms with Crippen molar-refractivity contribution in [3.63, 3.8) is 0 Å². The van der Waals surface area contributed by atoms with Gasteiger partial charge in [-0.05, 0) is 41.4 Å². The number of benzene rings is 1. The standard InChI is InChI=1S/C15H23ClO/c1-10-7-11(8-12(16)13(10)17)15(5,6)9-14(2,3)4/h7-8,17H,9H2,1-6H3. The fourth-order valence-electron chi connectivity index (χ4n) is 2.56. The molecule has 96 valence electrons. The monoisotopic (exact) mass is 254 g/mol. The summed E-state index contributed by atoms with van der Waals surface area (Å²) in [5.74, 6) is 0.196. The smallest absolute Gasteiger partial charge is 0.137 e. The van der Waals surface area contributed by atoms with Crippen molar-refractivity contribution >= 4 is 11.6 Å². The molecule has 1 nitrogen and oxygen atoms in total. The number of aryl methyl sites for hydroxylation is 1. The summed E-state index contributed by atoms with van der Waals surface area (Å²) in [6.45, 7) is 13.1. The highest BCUT2D eigenvalue weighted by Gasteiger charge is 2.28. The lowest BCUT2D eigenvalue weighted by Crippen LogP contribution is -2.24. The van der Waals surface area contributed by atoms with Gasteiger partial charge in [0.15, 0.2) is 0 Å². The minimum absolute atomic E-state index is 0.0559. The number of rotatable bonds is 2. The van der Waals surface area contributed by atoms with Gasteiger partial charge in [-0.25, -0.2) is 0 Å². The Morgan fingerprint density at radius 3 is 2.06 bits per heavy atom. The molecule has 0 amide bonds. The van der Waals surface area contributed by atoms with E-state index in [4.69, 9.17) is 11.6 Å². The third kappa shape index (κ3) is 3.64. The first-order valence-electron chi connectivity index (χ1n) is 6.02. The lowest BCUT2D eigenvalue weighted by Gasteiger charge is -2.33. The van der Waals surface area contributed by atoms with Crippen LogP contribution < -0.4 is 0 Å². The number of hydrogen-bond acceptors (Lipinski definition) is 1. The number of halogens is 1. The Labute approximate surface area is 110 Å². The van der Waals surface area contributed by atoms with Gasteiger partial charge in [-0.3, -0.25) is 0 Å². The van der Waals surface area contributed by atoms with Crippen LogP contribution in [-0.4, -0.2) is 5.11 Å². The molecule has 0 atom stereocenters. The molecule has 0 heterocycles. The van der Waals surface area contributed by atoms with Crippen molar-refractivity contribution in [1.29, 1.82) is 0 Å². The van der Waals surface area contributed by atoms with E-state index in [1.807, 2.05) is 19.1 Å². The Bertz CT molecular complexity index is 390. The zero-order chi connectivity index (χ0) is 13.4. The van der Waals surface area contributed by atoms with Crippen LogP contribution in [0.5, 0.6) is 5.75 Å². The molecule has 0 aromatic heterocycles. The number of aromatic hydroxyl groups is 1. The Balaban J connectivity index is 3.16. The van der Waals surface area contributed by atoms with E-state index in [1.54, 1.807) is 0 Å². The molecular weight excluding hydrogens is 232 g/mol. The summed E-state index contributed by atoms with van der Waals surface area (Å²) in [5, 5.41) is 10.1. The Morgan fingerprint density at radius 1 is 1.12 bits per heavy atom. The third-order valence-corrected chi connectivity index (χ3v) is 3.30. The van der Waals surface area contributed by atoms with E-state index in [2.05, 4.69) is 34.6 Å². The molecule has 0 spiro atoms. The van der Waals surface area contributed by atoms with Crippen molar-refractivity contribution in [2.45, 2.75) is 53.4 Å². The van der Waals surface area contributed by atoms with Gasteiger partial charge in [0.1, 0.15) is 5.75 Å². The Hall–Kier alpha value is -0.690. The van der Waals surface area contributed by atoms with Crippen LogP contribution in [0.4, 0.5) is 0 Å². The molecule has 1 aromatic carbocycles. The first-order valence-corrected chi connectivity index (χ1v) is 6.40. The summed E-state index contributed by atoms with van der Waals surface area (Å²) in [5.41, 5.74) is 2.35. The molecule has 17 heavy (non-hydrogen) atoms. The van der Waals surface area contributed by atoms with Gasteiger partial charge in [0.05, 0.1) is 5.02 Å². The topological polar surface area (TPSA) is 20.2 Å². The molecule has 0 unspecified atom stereocenters. The molecule has 0 fully saturated rings. The van der Waals surface area contributed by atoms with Crippen LogP contribution in [0.25, 0.3) is 0 Å². The van der Waals surface area contributed by atoms with Gasteiger partial charge in [0.25, 0.3) is 0 Å².